The molecule has 0 fully saturated rings. The molecule has 0 radical (unpaired) electrons. The zero-order valence-electron chi connectivity index (χ0n) is 12.2. The van der Waals surface area contributed by atoms with E-state index in [-0.39, 0.29) is 5.41 Å². The van der Waals surface area contributed by atoms with E-state index in [9.17, 15) is 0 Å². The van der Waals surface area contributed by atoms with Crippen LogP contribution in [0.25, 0.3) is 11.4 Å². The topological polar surface area (TPSA) is 29.9 Å². The van der Waals surface area contributed by atoms with Gasteiger partial charge in [0.15, 0.2) is 0 Å². The van der Waals surface area contributed by atoms with Crippen molar-refractivity contribution < 1.29 is 0 Å². The fourth-order valence-corrected chi connectivity index (χ4v) is 2.30. The summed E-state index contributed by atoms with van der Waals surface area (Å²) in [7, 11) is 2.02. The van der Waals surface area contributed by atoms with Crippen molar-refractivity contribution in [3.8, 4) is 11.4 Å². The minimum atomic E-state index is 0.215. The number of imidazole rings is 1. The van der Waals surface area contributed by atoms with Crippen LogP contribution in [-0.4, -0.2) is 22.6 Å². The SMILES string of the molecule is CNC(Cn1ccnc1-c1ccccc1)C(C)(C)C. The fraction of sp³-hybridized carbons (Fsp3) is 0.438. The Morgan fingerprint density at radius 2 is 1.89 bits per heavy atom. The van der Waals surface area contributed by atoms with E-state index >= 15 is 0 Å². The Morgan fingerprint density at radius 1 is 1.21 bits per heavy atom. The quantitative estimate of drug-likeness (QED) is 0.911. The van der Waals surface area contributed by atoms with Crippen molar-refractivity contribution in [2.75, 3.05) is 7.05 Å². The Labute approximate surface area is 115 Å². The van der Waals surface area contributed by atoms with E-state index in [2.05, 4.69) is 54.0 Å². The molecule has 1 N–H and O–H groups in total. The zero-order valence-corrected chi connectivity index (χ0v) is 12.2. The van der Waals surface area contributed by atoms with Gasteiger partial charge in [0, 0.05) is 30.5 Å². The number of nitrogens with zero attached hydrogens (tertiary/aromatic N) is 2. The highest BCUT2D eigenvalue weighted by Gasteiger charge is 2.24. The minimum absolute atomic E-state index is 0.215. The van der Waals surface area contributed by atoms with Crippen molar-refractivity contribution in [1.29, 1.82) is 0 Å². The van der Waals surface area contributed by atoms with Crippen molar-refractivity contribution in [3.05, 3.63) is 42.7 Å². The summed E-state index contributed by atoms with van der Waals surface area (Å²) in [4.78, 5) is 4.49. The number of hydrogen-bond acceptors (Lipinski definition) is 2. The second-order valence-electron chi connectivity index (χ2n) is 5.98. The summed E-state index contributed by atoms with van der Waals surface area (Å²) in [5.41, 5.74) is 1.38. The Morgan fingerprint density at radius 3 is 2.47 bits per heavy atom. The van der Waals surface area contributed by atoms with Gasteiger partial charge in [0.25, 0.3) is 0 Å². The average Bonchev–Trinajstić information content (AvgIpc) is 2.83. The molecule has 3 nitrogen and oxygen atoms in total. The van der Waals surface area contributed by atoms with E-state index in [1.807, 2.05) is 31.4 Å². The van der Waals surface area contributed by atoms with E-state index in [0.29, 0.717) is 6.04 Å². The molecule has 1 heterocycles. The van der Waals surface area contributed by atoms with E-state index in [1.165, 1.54) is 0 Å². The van der Waals surface area contributed by atoms with Crippen LogP contribution in [0.1, 0.15) is 20.8 Å². The molecule has 1 unspecified atom stereocenters. The van der Waals surface area contributed by atoms with Gasteiger partial charge in [-0.15, -0.1) is 0 Å². The van der Waals surface area contributed by atoms with Gasteiger partial charge in [-0.2, -0.15) is 0 Å². The summed E-state index contributed by atoms with van der Waals surface area (Å²) in [5.74, 6) is 1.03. The smallest absolute Gasteiger partial charge is 0.139 e. The van der Waals surface area contributed by atoms with Crippen LogP contribution < -0.4 is 5.32 Å². The van der Waals surface area contributed by atoms with Crippen LogP contribution in [0.5, 0.6) is 0 Å². The lowest BCUT2D eigenvalue weighted by atomic mass is 9.86. The summed E-state index contributed by atoms with van der Waals surface area (Å²) in [6, 6.07) is 10.7. The highest BCUT2D eigenvalue weighted by Crippen LogP contribution is 2.23. The lowest BCUT2D eigenvalue weighted by Gasteiger charge is -2.31. The summed E-state index contributed by atoms with van der Waals surface area (Å²) < 4.78 is 2.22. The third kappa shape index (κ3) is 3.24. The highest BCUT2D eigenvalue weighted by atomic mass is 15.1. The van der Waals surface area contributed by atoms with E-state index in [0.717, 1.165) is 17.9 Å². The Balaban J connectivity index is 2.26. The molecule has 102 valence electrons. The molecule has 3 heteroatoms. The number of benzene rings is 1. The van der Waals surface area contributed by atoms with E-state index in [4.69, 9.17) is 0 Å². The average molecular weight is 257 g/mol. The van der Waals surface area contributed by atoms with Gasteiger partial charge in [0.2, 0.25) is 0 Å². The van der Waals surface area contributed by atoms with Gasteiger partial charge >= 0.3 is 0 Å². The molecule has 19 heavy (non-hydrogen) atoms. The Bertz CT molecular complexity index is 508. The van der Waals surface area contributed by atoms with Crippen LogP contribution in [0.15, 0.2) is 42.7 Å². The molecule has 1 atom stereocenters. The molecular formula is C16H23N3. The van der Waals surface area contributed by atoms with Gasteiger partial charge in [-0.05, 0) is 12.5 Å². The van der Waals surface area contributed by atoms with Crippen molar-refractivity contribution in [1.82, 2.24) is 14.9 Å². The number of nitrogens with one attached hydrogen (secondary N) is 1. The standard InChI is InChI=1S/C16H23N3/c1-16(2,3)14(17-4)12-19-11-10-18-15(19)13-8-6-5-7-9-13/h5-11,14,17H,12H2,1-4H3. The lowest BCUT2D eigenvalue weighted by Crippen LogP contribution is -2.41. The second-order valence-corrected chi connectivity index (χ2v) is 5.98. The van der Waals surface area contributed by atoms with Gasteiger partial charge in [0.05, 0.1) is 0 Å². The third-order valence-corrected chi connectivity index (χ3v) is 3.52. The first-order valence-corrected chi connectivity index (χ1v) is 6.76. The van der Waals surface area contributed by atoms with Gasteiger partial charge < -0.3 is 9.88 Å². The number of likely N-dealkylation sites (N-methyl/N-ethyl adjacent to an activating group) is 1. The summed E-state index contributed by atoms with van der Waals surface area (Å²) >= 11 is 0. The van der Waals surface area contributed by atoms with Crippen molar-refractivity contribution >= 4 is 0 Å². The van der Waals surface area contributed by atoms with Gasteiger partial charge in [-0.1, -0.05) is 51.1 Å². The molecule has 0 aliphatic carbocycles. The van der Waals surface area contributed by atoms with Crippen LogP contribution in [0.4, 0.5) is 0 Å². The first-order valence-electron chi connectivity index (χ1n) is 6.76. The van der Waals surface area contributed by atoms with E-state index < -0.39 is 0 Å². The molecule has 0 saturated heterocycles. The molecule has 0 spiro atoms. The van der Waals surface area contributed by atoms with Crippen molar-refractivity contribution in [2.45, 2.75) is 33.4 Å². The number of hydrogen-bond donors (Lipinski definition) is 1. The zero-order chi connectivity index (χ0) is 13.9. The first kappa shape index (κ1) is 13.8. The van der Waals surface area contributed by atoms with Crippen molar-refractivity contribution in [2.24, 2.45) is 5.41 Å². The predicted octanol–water partition coefficient (Wildman–Crippen LogP) is 3.18. The van der Waals surface area contributed by atoms with Crippen LogP contribution in [-0.2, 0) is 6.54 Å². The highest BCUT2D eigenvalue weighted by molar-refractivity contribution is 5.55. The number of aromatic nitrogens is 2. The maximum atomic E-state index is 4.49. The molecule has 0 aliphatic heterocycles. The fourth-order valence-electron chi connectivity index (χ4n) is 2.30. The van der Waals surface area contributed by atoms with Gasteiger partial charge in [-0.25, -0.2) is 4.98 Å². The monoisotopic (exact) mass is 257 g/mol. The van der Waals surface area contributed by atoms with Gasteiger partial charge in [-0.3, -0.25) is 0 Å². The molecule has 2 aromatic rings. The molecule has 0 aliphatic rings. The summed E-state index contributed by atoms with van der Waals surface area (Å²) in [5, 5.41) is 3.41. The summed E-state index contributed by atoms with van der Waals surface area (Å²) in [6.07, 6.45) is 3.93. The predicted molar refractivity (Wildman–Crippen MR) is 80.0 cm³/mol. The lowest BCUT2D eigenvalue weighted by molar-refractivity contribution is 0.255. The van der Waals surface area contributed by atoms with Crippen LogP contribution in [0.2, 0.25) is 0 Å². The van der Waals surface area contributed by atoms with E-state index in [1.54, 1.807) is 0 Å². The molecule has 0 bridgehead atoms. The first-order chi connectivity index (χ1) is 9.02. The van der Waals surface area contributed by atoms with Crippen molar-refractivity contribution in [3.63, 3.8) is 0 Å². The molecule has 1 aromatic carbocycles. The molecule has 0 saturated carbocycles. The molecule has 2 rings (SSSR count). The maximum absolute atomic E-state index is 4.49. The largest absolute Gasteiger partial charge is 0.329 e. The minimum Gasteiger partial charge on any atom is -0.329 e. The molecule has 0 amide bonds. The van der Waals surface area contributed by atoms with Crippen LogP contribution in [0.3, 0.4) is 0 Å². The Hall–Kier alpha value is -1.61. The Kier molecular flexibility index (Phi) is 4.05. The third-order valence-electron chi connectivity index (χ3n) is 3.52. The molecular weight excluding hydrogens is 234 g/mol. The second kappa shape index (κ2) is 5.57. The maximum Gasteiger partial charge on any atom is 0.139 e. The molecule has 1 aromatic heterocycles. The summed E-state index contributed by atoms with van der Waals surface area (Å²) in [6.45, 7) is 7.69. The van der Waals surface area contributed by atoms with Crippen LogP contribution >= 0.6 is 0 Å². The normalized spacial score (nSPS) is 13.5. The number of rotatable bonds is 4. The van der Waals surface area contributed by atoms with Crippen LogP contribution in [0, 0.1) is 5.41 Å². The van der Waals surface area contributed by atoms with Gasteiger partial charge in [0.1, 0.15) is 5.82 Å².